The van der Waals surface area contributed by atoms with E-state index >= 15 is 0 Å². The van der Waals surface area contributed by atoms with Gasteiger partial charge in [0.15, 0.2) is 0 Å². The van der Waals surface area contributed by atoms with Crippen LogP contribution in [0.15, 0.2) is 24.3 Å². The molecular weight excluding hydrogens is 366 g/mol. The Labute approximate surface area is 162 Å². The Morgan fingerprint density at radius 3 is 2.00 bits per heavy atom. The lowest BCUT2D eigenvalue weighted by Crippen LogP contribution is -2.52. The van der Waals surface area contributed by atoms with Crippen molar-refractivity contribution in [1.82, 2.24) is 13.5 Å². The quantitative estimate of drug-likeness (QED) is 0.710. The second kappa shape index (κ2) is 9.14. The van der Waals surface area contributed by atoms with Crippen molar-refractivity contribution in [2.45, 2.75) is 32.2 Å². The Morgan fingerprint density at radius 2 is 1.44 bits per heavy atom. The van der Waals surface area contributed by atoms with E-state index in [0.717, 1.165) is 37.8 Å². The number of piperazine rings is 1. The van der Waals surface area contributed by atoms with E-state index < -0.39 is 10.2 Å². The molecule has 0 amide bonds. The Balaban J connectivity index is 1.53. The largest absolute Gasteiger partial charge is 0.465 e. The molecule has 7 nitrogen and oxygen atoms in total. The van der Waals surface area contributed by atoms with E-state index in [9.17, 15) is 13.2 Å². The first-order valence-corrected chi connectivity index (χ1v) is 11.1. The fraction of sp³-hybridized carbons (Fsp3) is 0.632. The molecule has 2 fully saturated rings. The summed E-state index contributed by atoms with van der Waals surface area (Å²) < 4.78 is 33.8. The zero-order chi connectivity index (χ0) is 19.3. The summed E-state index contributed by atoms with van der Waals surface area (Å²) in [7, 11) is -1.96. The molecule has 0 bridgehead atoms. The maximum atomic E-state index is 12.9. The summed E-state index contributed by atoms with van der Waals surface area (Å²) in [5.41, 5.74) is 1.64. The maximum absolute atomic E-state index is 12.9. The minimum absolute atomic E-state index is 0.339. The molecule has 0 unspecified atom stereocenters. The zero-order valence-corrected chi connectivity index (χ0v) is 16.8. The van der Waals surface area contributed by atoms with Crippen LogP contribution in [0.3, 0.4) is 0 Å². The van der Waals surface area contributed by atoms with Crippen LogP contribution in [0.4, 0.5) is 0 Å². The van der Waals surface area contributed by atoms with E-state index in [1.165, 1.54) is 7.11 Å². The third kappa shape index (κ3) is 5.07. The summed E-state index contributed by atoms with van der Waals surface area (Å²) in [5, 5.41) is 0. The Morgan fingerprint density at radius 1 is 0.889 bits per heavy atom. The number of esters is 1. The summed E-state index contributed by atoms with van der Waals surface area (Å²) in [6, 6.07) is 7.38. The molecule has 0 saturated carbocycles. The van der Waals surface area contributed by atoms with Crippen LogP contribution in [0.2, 0.25) is 0 Å². The van der Waals surface area contributed by atoms with E-state index in [4.69, 9.17) is 4.74 Å². The van der Waals surface area contributed by atoms with Crippen LogP contribution in [0.1, 0.15) is 41.6 Å². The SMILES string of the molecule is COC(=O)c1ccc(CN2CCN(S(=O)(=O)N3CCCCCC3)CC2)cc1. The van der Waals surface area contributed by atoms with Crippen LogP contribution in [0, 0.1) is 0 Å². The highest BCUT2D eigenvalue weighted by atomic mass is 32.2. The second-order valence-electron chi connectivity index (χ2n) is 7.18. The normalized spacial score (nSPS) is 20.9. The smallest absolute Gasteiger partial charge is 0.337 e. The Kier molecular flexibility index (Phi) is 6.86. The van der Waals surface area contributed by atoms with Gasteiger partial charge < -0.3 is 4.74 Å². The third-order valence-corrected chi connectivity index (χ3v) is 7.37. The van der Waals surface area contributed by atoms with Crippen molar-refractivity contribution in [3.8, 4) is 0 Å². The minimum Gasteiger partial charge on any atom is -0.465 e. The molecular formula is C19H29N3O4S. The summed E-state index contributed by atoms with van der Waals surface area (Å²) in [6.07, 6.45) is 4.16. The highest BCUT2D eigenvalue weighted by Gasteiger charge is 2.32. The number of carbonyl (C=O) groups excluding carboxylic acids is 1. The Bertz CT molecular complexity index is 720. The van der Waals surface area contributed by atoms with Gasteiger partial charge in [0.1, 0.15) is 0 Å². The minimum atomic E-state index is -3.33. The Hall–Kier alpha value is -1.48. The summed E-state index contributed by atoms with van der Waals surface area (Å²) in [6.45, 7) is 4.53. The van der Waals surface area contributed by atoms with Crippen LogP contribution in [0.25, 0.3) is 0 Å². The van der Waals surface area contributed by atoms with E-state index in [-0.39, 0.29) is 5.97 Å². The van der Waals surface area contributed by atoms with Gasteiger partial charge in [-0.2, -0.15) is 17.0 Å². The molecule has 2 aliphatic heterocycles. The van der Waals surface area contributed by atoms with E-state index in [1.807, 2.05) is 12.1 Å². The molecule has 0 atom stereocenters. The van der Waals surface area contributed by atoms with Crippen molar-refractivity contribution < 1.29 is 17.9 Å². The number of nitrogens with zero attached hydrogens (tertiary/aromatic N) is 3. The number of methoxy groups -OCH3 is 1. The number of rotatable bonds is 5. The predicted octanol–water partition coefficient (Wildman–Crippen LogP) is 1.71. The number of hydrogen-bond acceptors (Lipinski definition) is 5. The molecule has 150 valence electrons. The molecule has 0 aliphatic carbocycles. The highest BCUT2D eigenvalue weighted by Crippen LogP contribution is 2.19. The average molecular weight is 396 g/mol. The van der Waals surface area contributed by atoms with Gasteiger partial charge in [0.2, 0.25) is 0 Å². The molecule has 2 heterocycles. The maximum Gasteiger partial charge on any atom is 0.337 e. The van der Waals surface area contributed by atoms with Crippen molar-refractivity contribution in [2.75, 3.05) is 46.4 Å². The first kappa shape index (κ1) is 20.3. The monoisotopic (exact) mass is 395 g/mol. The van der Waals surface area contributed by atoms with Crippen molar-refractivity contribution in [1.29, 1.82) is 0 Å². The zero-order valence-electron chi connectivity index (χ0n) is 16.0. The van der Waals surface area contributed by atoms with Gasteiger partial charge in [0, 0.05) is 45.8 Å². The number of ether oxygens (including phenoxy) is 1. The van der Waals surface area contributed by atoms with Gasteiger partial charge in [-0.1, -0.05) is 25.0 Å². The molecule has 1 aromatic rings. The van der Waals surface area contributed by atoms with E-state index in [0.29, 0.717) is 44.8 Å². The number of benzene rings is 1. The average Bonchev–Trinajstić information content (AvgIpc) is 2.98. The lowest BCUT2D eigenvalue weighted by molar-refractivity contribution is 0.0600. The lowest BCUT2D eigenvalue weighted by atomic mass is 10.1. The molecule has 27 heavy (non-hydrogen) atoms. The molecule has 3 rings (SSSR count). The van der Waals surface area contributed by atoms with Crippen LogP contribution in [-0.4, -0.2) is 74.3 Å². The first-order chi connectivity index (χ1) is 13.0. The molecule has 0 radical (unpaired) electrons. The number of hydrogen-bond donors (Lipinski definition) is 0. The number of carbonyl (C=O) groups is 1. The fourth-order valence-electron chi connectivity index (χ4n) is 3.68. The van der Waals surface area contributed by atoms with Gasteiger partial charge in [-0.25, -0.2) is 4.79 Å². The van der Waals surface area contributed by atoms with Gasteiger partial charge in [-0.15, -0.1) is 0 Å². The first-order valence-electron chi connectivity index (χ1n) is 9.65. The van der Waals surface area contributed by atoms with Crippen molar-refractivity contribution >= 4 is 16.2 Å². The van der Waals surface area contributed by atoms with Crippen molar-refractivity contribution in [3.63, 3.8) is 0 Å². The van der Waals surface area contributed by atoms with Gasteiger partial charge in [0.05, 0.1) is 12.7 Å². The predicted molar refractivity (Wildman–Crippen MR) is 104 cm³/mol. The van der Waals surface area contributed by atoms with E-state index in [1.54, 1.807) is 20.7 Å². The van der Waals surface area contributed by atoms with Gasteiger partial charge in [-0.3, -0.25) is 4.90 Å². The summed E-state index contributed by atoms with van der Waals surface area (Å²) >= 11 is 0. The highest BCUT2D eigenvalue weighted by molar-refractivity contribution is 7.86. The third-order valence-electron chi connectivity index (χ3n) is 5.33. The van der Waals surface area contributed by atoms with E-state index in [2.05, 4.69) is 4.90 Å². The van der Waals surface area contributed by atoms with Gasteiger partial charge in [-0.05, 0) is 30.5 Å². The lowest BCUT2D eigenvalue weighted by Gasteiger charge is -2.36. The molecule has 0 aromatic heterocycles. The van der Waals surface area contributed by atoms with Crippen LogP contribution < -0.4 is 0 Å². The van der Waals surface area contributed by atoms with Crippen LogP contribution >= 0.6 is 0 Å². The molecule has 2 saturated heterocycles. The molecule has 0 spiro atoms. The molecule has 0 N–H and O–H groups in total. The van der Waals surface area contributed by atoms with Crippen LogP contribution in [0.5, 0.6) is 0 Å². The standard InChI is InChI=1S/C19H29N3O4S/c1-26-19(23)18-8-6-17(7-9-18)16-20-12-14-22(15-13-20)27(24,25)21-10-4-2-3-5-11-21/h6-9H,2-5,10-16H2,1H3. The van der Waals surface area contributed by atoms with Gasteiger partial charge in [0.25, 0.3) is 10.2 Å². The van der Waals surface area contributed by atoms with Crippen LogP contribution in [-0.2, 0) is 21.5 Å². The topological polar surface area (TPSA) is 70.2 Å². The van der Waals surface area contributed by atoms with Gasteiger partial charge >= 0.3 is 5.97 Å². The van der Waals surface area contributed by atoms with Crippen molar-refractivity contribution in [2.24, 2.45) is 0 Å². The van der Waals surface area contributed by atoms with Crippen molar-refractivity contribution in [3.05, 3.63) is 35.4 Å². The molecule has 2 aliphatic rings. The molecule has 1 aromatic carbocycles. The fourth-order valence-corrected chi connectivity index (χ4v) is 5.35. The second-order valence-corrected chi connectivity index (χ2v) is 9.11. The summed E-state index contributed by atoms with van der Waals surface area (Å²) in [5.74, 6) is -0.339. The summed E-state index contributed by atoms with van der Waals surface area (Å²) in [4.78, 5) is 13.7. The molecule has 8 heteroatoms.